The summed E-state index contributed by atoms with van der Waals surface area (Å²) in [5.41, 5.74) is 5.54. The Morgan fingerprint density at radius 2 is 1.19 bits per heavy atom. The van der Waals surface area contributed by atoms with Crippen molar-refractivity contribution < 1.29 is 52.6 Å². The van der Waals surface area contributed by atoms with Crippen LogP contribution in [0.2, 0.25) is 5.28 Å². The van der Waals surface area contributed by atoms with E-state index in [0.29, 0.717) is 35.7 Å². The van der Waals surface area contributed by atoms with Crippen molar-refractivity contribution in [3.8, 4) is 0 Å². The molecule has 0 amide bonds. The van der Waals surface area contributed by atoms with Gasteiger partial charge in [-0.15, -0.1) is 0 Å². The van der Waals surface area contributed by atoms with E-state index in [9.17, 15) is 31.9 Å². The Morgan fingerprint density at radius 3 is 1.63 bits per heavy atom. The first-order valence-electron chi connectivity index (χ1n) is 17.5. The number of aliphatic hydroxyl groups excluding tert-OH is 1. The van der Waals surface area contributed by atoms with E-state index in [2.05, 4.69) is 29.4 Å². The number of nitrogens with zero attached hydrogens (tertiary/aromatic N) is 5. The molecular formula is C44H59ClF4N6O7. The Kier molecular flexibility index (Phi) is 28.6. The average molecular weight is 896 g/mol. The maximum absolute atomic E-state index is 12.0. The van der Waals surface area contributed by atoms with Gasteiger partial charge in [0.15, 0.2) is 0 Å². The van der Waals surface area contributed by atoms with E-state index in [1.54, 1.807) is 15.5 Å². The van der Waals surface area contributed by atoms with Crippen LogP contribution in [0.25, 0.3) is 0 Å². The number of carbonyl (C=O) groups is 3. The number of aryl methyl sites for hydroxylation is 2. The molecule has 0 radical (unpaired) electrons. The minimum absolute atomic E-state index is 0. The van der Waals surface area contributed by atoms with Crippen molar-refractivity contribution in [2.24, 2.45) is 0 Å². The molecule has 2 N–H and O–H groups in total. The lowest BCUT2D eigenvalue weighted by Crippen LogP contribution is -2.11. The quantitative estimate of drug-likeness (QED) is 0.0854. The van der Waals surface area contributed by atoms with E-state index in [4.69, 9.17) is 22.8 Å². The van der Waals surface area contributed by atoms with Crippen LogP contribution in [0, 0.1) is 13.8 Å². The zero-order valence-electron chi connectivity index (χ0n) is 33.2. The highest BCUT2D eigenvalue weighted by atomic mass is 35.5. The normalized spacial score (nSPS) is 9.69. The predicted molar refractivity (Wildman–Crippen MR) is 234 cm³/mol. The summed E-state index contributed by atoms with van der Waals surface area (Å²) < 4.78 is 68.5. The van der Waals surface area contributed by atoms with E-state index in [0.717, 1.165) is 23.3 Å². The number of hydrogen-bond acceptors (Lipinski definition) is 10. The third kappa shape index (κ3) is 19.4. The summed E-state index contributed by atoms with van der Waals surface area (Å²) in [7, 11) is 3.02. The maximum Gasteiger partial charge on any atom is 0.416 e. The minimum atomic E-state index is -4.30. The lowest BCUT2D eigenvalue weighted by molar-refractivity contribution is -0.137. The van der Waals surface area contributed by atoms with E-state index < -0.39 is 30.8 Å². The van der Waals surface area contributed by atoms with Gasteiger partial charge < -0.3 is 33.4 Å². The molecule has 13 nitrogen and oxygen atoms in total. The fourth-order valence-corrected chi connectivity index (χ4v) is 4.73. The number of ether oxygens (including phenoxy) is 3. The molecule has 0 fully saturated rings. The summed E-state index contributed by atoms with van der Waals surface area (Å²) in [4.78, 5) is 47.7. The van der Waals surface area contributed by atoms with E-state index in [-0.39, 0.29) is 47.6 Å². The van der Waals surface area contributed by atoms with Crippen LogP contribution in [0.3, 0.4) is 0 Å². The molecule has 3 aromatic heterocycles. The molecule has 0 saturated heterocycles. The number of methoxy groups -OCH3 is 3. The highest BCUT2D eigenvalue weighted by Crippen LogP contribution is 2.29. The number of hydrogen-bond donors (Lipinski definition) is 2. The molecule has 0 aliphatic carbocycles. The van der Waals surface area contributed by atoms with E-state index in [1.165, 1.54) is 69.5 Å². The highest BCUT2D eigenvalue weighted by Gasteiger charge is 2.29. The van der Waals surface area contributed by atoms with Gasteiger partial charge in [0, 0.05) is 6.54 Å². The number of aliphatic hydroxyl groups is 1. The first kappa shape index (κ1) is 57.8. The number of H-pyrrole nitrogens is 1. The Labute approximate surface area is 368 Å². The number of carbonyl (C=O) groups excluding carboxylic acids is 3. The van der Waals surface area contributed by atoms with E-state index >= 15 is 0 Å². The monoisotopic (exact) mass is 895 g/mol. The Bertz CT molecular complexity index is 2150. The second-order valence-electron chi connectivity index (χ2n) is 11.7. The lowest BCUT2D eigenvalue weighted by atomic mass is 10.1. The molecule has 0 aliphatic rings. The molecular weight excluding hydrogens is 836 g/mol. The number of alkyl halides is 4. The first-order valence-corrected chi connectivity index (χ1v) is 17.2. The SMILES string of the molecule is C.C.C.C.COC(=O)c1cnc(Cl)n1Cc1ccc(C)cc1.COC(=O)c1cnc[nH]1.COC(=O)c1cncn1Cc1ccc(C)cc1.OCc1ccc(C(F)(F)F)cc1.[2H]CF. The number of aromatic nitrogens is 6. The number of halogens is 5. The van der Waals surface area contributed by atoms with Crippen molar-refractivity contribution in [3.05, 3.63) is 160 Å². The van der Waals surface area contributed by atoms with Gasteiger partial charge in [-0.05, 0) is 54.3 Å². The molecule has 3 heterocycles. The fraction of sp³-hybridized carbons (Fsp3) is 0.318. The maximum atomic E-state index is 12.0. The minimum Gasteiger partial charge on any atom is -0.464 e. The van der Waals surface area contributed by atoms with Gasteiger partial charge >= 0.3 is 24.1 Å². The largest absolute Gasteiger partial charge is 0.464 e. The lowest BCUT2D eigenvalue weighted by Gasteiger charge is -2.08. The summed E-state index contributed by atoms with van der Waals surface area (Å²) in [6.45, 7) is 4.93. The zero-order chi connectivity index (χ0) is 44.0. The van der Waals surface area contributed by atoms with Gasteiger partial charge in [0.2, 0.25) is 5.28 Å². The number of benzene rings is 3. The summed E-state index contributed by atoms with van der Waals surface area (Å²) >= 11 is 5.97. The summed E-state index contributed by atoms with van der Waals surface area (Å²) in [5.74, 6) is -1.20. The summed E-state index contributed by atoms with van der Waals surface area (Å²) in [6, 6.07) is 20.6. The zero-order valence-corrected chi connectivity index (χ0v) is 32.9. The second-order valence-corrected chi connectivity index (χ2v) is 12.0. The molecule has 342 valence electrons. The van der Waals surface area contributed by atoms with Gasteiger partial charge in [-0.25, -0.2) is 29.3 Å². The van der Waals surface area contributed by atoms with Crippen molar-refractivity contribution in [1.29, 1.82) is 0 Å². The second kappa shape index (κ2) is 30.7. The van der Waals surface area contributed by atoms with Crippen LogP contribution >= 0.6 is 11.6 Å². The topological polar surface area (TPSA) is 163 Å². The molecule has 62 heavy (non-hydrogen) atoms. The van der Waals surface area contributed by atoms with Crippen LogP contribution in [0.15, 0.2) is 104 Å². The molecule has 0 atom stereocenters. The van der Waals surface area contributed by atoms with Crippen molar-refractivity contribution >= 4 is 29.5 Å². The van der Waals surface area contributed by atoms with Gasteiger partial charge in [-0.2, -0.15) is 13.2 Å². The number of esters is 3. The third-order valence-electron chi connectivity index (χ3n) is 7.61. The van der Waals surface area contributed by atoms with Crippen LogP contribution in [0.1, 0.15) is 95.9 Å². The number of nitrogens with one attached hydrogen (secondary N) is 1. The standard InChI is InChI=1S/C13H13ClN2O2.C13H14N2O2.C8H7F3O.C5H6N2O2.CH3F.4CH4/c1-9-3-5-10(6-4-9)8-16-11(12(17)18-2)7-15-13(16)14;1-10-3-5-11(6-4-10)8-15-9-14-7-12(15)13(16)17-2;9-8(10,11)7-3-1-6(5-12)2-4-7;1-9-5(8)4-2-6-3-7-4;1-2;;;;/h3-7H,8H2,1-2H3;3-7,9H,8H2,1-2H3;1-4,12H,5H2;2-3H,1H3,(H,6,7);1H3;4*1H4/i;;;;1D;;;;. The van der Waals surface area contributed by atoms with Crippen molar-refractivity contribution in [1.82, 2.24) is 29.1 Å². The number of rotatable bonds is 8. The molecule has 0 saturated carbocycles. The Hall–Kier alpha value is -6.33. The van der Waals surface area contributed by atoms with E-state index in [1.807, 2.05) is 62.4 Å². The van der Waals surface area contributed by atoms with Crippen LogP contribution in [-0.2, 0) is 40.1 Å². The van der Waals surface area contributed by atoms with Crippen molar-refractivity contribution in [2.45, 2.75) is 69.4 Å². The molecule has 0 spiro atoms. The van der Waals surface area contributed by atoms with Crippen LogP contribution in [0.4, 0.5) is 17.6 Å². The van der Waals surface area contributed by atoms with Crippen molar-refractivity contribution in [3.63, 3.8) is 0 Å². The van der Waals surface area contributed by atoms with Crippen LogP contribution in [0.5, 0.6) is 0 Å². The highest BCUT2D eigenvalue weighted by molar-refractivity contribution is 6.28. The van der Waals surface area contributed by atoms with Crippen LogP contribution < -0.4 is 0 Å². The molecule has 0 aliphatic heterocycles. The molecule has 0 bridgehead atoms. The number of imidazole rings is 3. The van der Waals surface area contributed by atoms with Crippen molar-refractivity contribution in [2.75, 3.05) is 28.5 Å². The fourth-order valence-electron chi connectivity index (χ4n) is 4.54. The van der Waals surface area contributed by atoms with Gasteiger partial charge in [0.25, 0.3) is 0 Å². The third-order valence-corrected chi connectivity index (χ3v) is 7.91. The van der Waals surface area contributed by atoms with Gasteiger partial charge in [-0.3, -0.25) is 4.39 Å². The molecule has 18 heteroatoms. The molecule has 0 unspecified atom stereocenters. The van der Waals surface area contributed by atoms with Crippen LogP contribution in [-0.4, -0.2) is 80.6 Å². The van der Waals surface area contributed by atoms with Gasteiger partial charge in [0.1, 0.15) is 17.1 Å². The number of aromatic amines is 1. The predicted octanol–water partition coefficient (Wildman–Crippen LogP) is 10.2. The van der Waals surface area contributed by atoms with Gasteiger partial charge in [0.05, 0.1) is 79.8 Å². The van der Waals surface area contributed by atoms with Gasteiger partial charge in [-0.1, -0.05) is 101 Å². The summed E-state index contributed by atoms with van der Waals surface area (Å²) in [6.07, 6.45) is 3.10. The molecule has 6 rings (SSSR count). The summed E-state index contributed by atoms with van der Waals surface area (Å²) in [5, 5.41) is 8.82. The molecule has 3 aromatic carbocycles. The average Bonchev–Trinajstić information content (AvgIpc) is 4.02. The first-order chi connectivity index (χ1) is 28.1. The molecule has 6 aromatic rings. The Morgan fingerprint density at radius 1 is 0.726 bits per heavy atom. The Balaban J connectivity index is -0.000000749. The smallest absolute Gasteiger partial charge is 0.416 e.